The van der Waals surface area contributed by atoms with Crippen molar-refractivity contribution < 1.29 is 97.1 Å². The summed E-state index contributed by atoms with van der Waals surface area (Å²) in [5.41, 5.74) is 0. The maximum atomic E-state index is 12.0. The Hall–Kier alpha value is -1.59. The third-order valence-electron chi connectivity index (χ3n) is 3.70. The average molecular weight is 542 g/mol. The molecule has 0 amide bonds. The topological polar surface area (TPSA) is 125 Å². The number of carbonyl (C=O) groups is 2. The molecule has 11 heteroatoms. The third-order valence-corrected chi connectivity index (χ3v) is 4.17. The Labute approximate surface area is 263 Å². The second-order valence-corrected chi connectivity index (χ2v) is 7.75. The molecule has 0 aromatic rings. The van der Waals surface area contributed by atoms with Crippen LogP contribution in [-0.4, -0.2) is 31.3 Å². The van der Waals surface area contributed by atoms with Crippen molar-refractivity contribution in [3.8, 4) is 71.0 Å². The molecule has 0 aliphatic carbocycles. The minimum atomic E-state index is -5.30. The van der Waals surface area contributed by atoms with E-state index in [0.717, 1.165) is 32.1 Å². The van der Waals surface area contributed by atoms with E-state index in [4.69, 9.17) is 9.47 Å². The SMILES string of the molecule is CC#CC#CC#CC#CC#CC#CC(=O)OC[C@H](COP(=O)([O-])[O-])OC(=O)CCCCCCCC.[Na+].[Na+]. The first-order valence-corrected chi connectivity index (χ1v) is 12.2. The molecule has 0 saturated carbocycles. The van der Waals surface area contributed by atoms with Gasteiger partial charge in [-0.3, -0.25) is 4.79 Å². The quantitative estimate of drug-likeness (QED) is 0.0567. The van der Waals surface area contributed by atoms with Crippen LogP contribution in [0.3, 0.4) is 0 Å². The molecular weight excluding hydrogens is 517 g/mol. The molecule has 0 aromatic heterocycles. The second-order valence-electron chi connectivity index (χ2n) is 6.60. The predicted octanol–water partition coefficient (Wildman–Crippen LogP) is -4.91. The van der Waals surface area contributed by atoms with Crippen LogP contribution in [0.15, 0.2) is 0 Å². The minimum absolute atomic E-state index is 0. The fourth-order valence-electron chi connectivity index (χ4n) is 2.18. The van der Waals surface area contributed by atoms with Crippen LogP contribution in [0.1, 0.15) is 58.8 Å². The van der Waals surface area contributed by atoms with Crippen LogP contribution in [0.4, 0.5) is 0 Å². The largest absolute Gasteiger partial charge is 1.00 e. The van der Waals surface area contributed by atoms with Gasteiger partial charge in [0.15, 0.2) is 6.10 Å². The van der Waals surface area contributed by atoms with Crippen molar-refractivity contribution in [2.24, 2.45) is 0 Å². The van der Waals surface area contributed by atoms with E-state index in [2.05, 4.69) is 82.5 Å². The number of ether oxygens (including phenoxy) is 2. The summed E-state index contributed by atoms with van der Waals surface area (Å²) >= 11 is 0. The van der Waals surface area contributed by atoms with Gasteiger partial charge in [0.1, 0.15) is 6.61 Å². The van der Waals surface area contributed by atoms with Gasteiger partial charge in [-0.2, -0.15) is 0 Å². The first-order chi connectivity index (χ1) is 16.8. The summed E-state index contributed by atoms with van der Waals surface area (Å²) in [7, 11) is -5.30. The van der Waals surface area contributed by atoms with Crippen LogP contribution in [0.2, 0.25) is 0 Å². The number of rotatable bonds is 13. The van der Waals surface area contributed by atoms with E-state index < -0.39 is 39.1 Å². The van der Waals surface area contributed by atoms with Gasteiger partial charge in [-0.15, -0.1) is 0 Å². The molecule has 0 aromatic carbocycles. The van der Waals surface area contributed by atoms with Crippen LogP contribution >= 0.6 is 7.82 Å². The van der Waals surface area contributed by atoms with Crippen molar-refractivity contribution in [2.45, 2.75) is 64.9 Å². The van der Waals surface area contributed by atoms with E-state index in [1.165, 1.54) is 0 Å². The van der Waals surface area contributed by atoms with Crippen molar-refractivity contribution in [3.05, 3.63) is 0 Å². The van der Waals surface area contributed by atoms with Crippen LogP contribution < -0.4 is 68.9 Å². The van der Waals surface area contributed by atoms with Gasteiger partial charge < -0.3 is 28.3 Å². The molecule has 8 nitrogen and oxygen atoms in total. The van der Waals surface area contributed by atoms with Crippen LogP contribution in [0.5, 0.6) is 0 Å². The van der Waals surface area contributed by atoms with Crippen molar-refractivity contribution in [1.29, 1.82) is 0 Å². The molecular formula is C26H25Na2O8P. The van der Waals surface area contributed by atoms with E-state index in [0.29, 0.717) is 6.42 Å². The Morgan fingerprint density at radius 3 is 1.84 bits per heavy atom. The van der Waals surface area contributed by atoms with Gasteiger partial charge in [-0.25, -0.2) is 4.79 Å². The summed E-state index contributed by atoms with van der Waals surface area (Å²) < 4.78 is 24.7. The summed E-state index contributed by atoms with van der Waals surface area (Å²) in [6.45, 7) is 2.42. The molecule has 1 atom stereocenters. The second kappa shape index (κ2) is 27.4. The van der Waals surface area contributed by atoms with Gasteiger partial charge in [0.2, 0.25) is 0 Å². The summed E-state index contributed by atoms with van der Waals surface area (Å²) in [5, 5.41) is 0. The number of unbranched alkanes of at least 4 members (excludes halogenated alkanes) is 5. The zero-order valence-electron chi connectivity index (χ0n) is 21.7. The summed E-state index contributed by atoms with van der Waals surface area (Å²) in [6, 6.07) is 0. The van der Waals surface area contributed by atoms with Crippen molar-refractivity contribution in [2.75, 3.05) is 13.2 Å². The summed E-state index contributed by atoms with van der Waals surface area (Å²) in [4.78, 5) is 45.1. The van der Waals surface area contributed by atoms with Gasteiger partial charge in [-0.1, -0.05) is 44.9 Å². The monoisotopic (exact) mass is 542 g/mol. The first kappa shape index (κ1) is 39.9. The fourth-order valence-corrected chi connectivity index (χ4v) is 2.53. The molecule has 0 rings (SSSR count). The standard InChI is InChI=1S/C26H27O8P.2Na/c1-3-5-7-9-11-12-13-14-15-17-18-20-25(27)32-22-24(23-33-35(29,30)31)34-26(28)21-19-16-10-8-6-4-2;;/h24H,4,6,8,10,16,19,21-23H2,1-2H3,(H2,29,30,31);;/q;2*+1/p-2/t24-;;/m1../s1. The normalized spacial score (nSPS) is 9.19. The predicted molar refractivity (Wildman–Crippen MR) is 125 cm³/mol. The maximum absolute atomic E-state index is 12.0. The molecule has 0 fully saturated rings. The molecule has 184 valence electrons. The molecule has 0 unspecified atom stereocenters. The zero-order valence-corrected chi connectivity index (χ0v) is 26.5. The minimum Gasteiger partial charge on any atom is -0.790 e. The molecule has 0 N–H and O–H groups in total. The molecule has 0 radical (unpaired) electrons. The number of hydrogen-bond acceptors (Lipinski definition) is 8. The summed E-state index contributed by atoms with van der Waals surface area (Å²) in [6.07, 6.45) is 4.56. The molecule has 0 saturated heterocycles. The zero-order chi connectivity index (χ0) is 26.2. The van der Waals surface area contributed by atoms with E-state index >= 15 is 0 Å². The van der Waals surface area contributed by atoms with Gasteiger partial charge in [0, 0.05) is 12.3 Å². The molecule has 0 bridgehead atoms. The Morgan fingerprint density at radius 2 is 1.30 bits per heavy atom. The van der Waals surface area contributed by atoms with Gasteiger partial charge in [0.05, 0.1) is 14.4 Å². The Kier molecular flexibility index (Phi) is 29.6. The average Bonchev–Trinajstić information content (AvgIpc) is 2.81. The van der Waals surface area contributed by atoms with Crippen LogP contribution in [0, 0.1) is 71.0 Å². The van der Waals surface area contributed by atoms with E-state index in [9.17, 15) is 23.9 Å². The van der Waals surface area contributed by atoms with Crippen molar-refractivity contribution in [1.82, 2.24) is 0 Å². The number of esters is 2. The van der Waals surface area contributed by atoms with Crippen LogP contribution in [0.25, 0.3) is 0 Å². The Bertz CT molecular complexity index is 1120. The molecule has 0 aliphatic heterocycles. The maximum Gasteiger partial charge on any atom is 1.00 e. The molecule has 37 heavy (non-hydrogen) atoms. The number of hydrogen-bond donors (Lipinski definition) is 0. The number of carbonyl (C=O) groups excluding carboxylic acids is 2. The Balaban J connectivity index is -0.00000578. The molecule has 0 spiro atoms. The smallest absolute Gasteiger partial charge is 0.790 e. The first-order valence-electron chi connectivity index (χ1n) is 10.7. The van der Waals surface area contributed by atoms with Crippen LogP contribution in [-0.2, 0) is 28.2 Å². The van der Waals surface area contributed by atoms with Gasteiger partial charge in [0.25, 0.3) is 0 Å². The summed E-state index contributed by atoms with van der Waals surface area (Å²) in [5.74, 6) is 27.0. The van der Waals surface area contributed by atoms with Crippen molar-refractivity contribution >= 4 is 19.8 Å². The van der Waals surface area contributed by atoms with Crippen molar-refractivity contribution in [3.63, 3.8) is 0 Å². The van der Waals surface area contributed by atoms with Gasteiger partial charge in [-0.05, 0) is 72.5 Å². The number of phosphoric ester groups is 1. The third kappa shape index (κ3) is 30.5. The van der Waals surface area contributed by atoms with E-state index in [1.807, 2.05) is 0 Å². The Morgan fingerprint density at radius 1 is 0.784 bits per heavy atom. The van der Waals surface area contributed by atoms with E-state index in [-0.39, 0.29) is 65.5 Å². The van der Waals surface area contributed by atoms with E-state index in [1.54, 1.807) is 6.92 Å². The molecule has 0 heterocycles. The molecule has 0 aliphatic rings. The number of phosphoric acid groups is 1. The van der Waals surface area contributed by atoms with Gasteiger partial charge >= 0.3 is 71.1 Å². The fraction of sp³-hybridized carbons (Fsp3) is 0.462.